The first-order valence-corrected chi connectivity index (χ1v) is 7.38. The van der Waals surface area contributed by atoms with Crippen molar-refractivity contribution in [3.8, 4) is 5.75 Å². The van der Waals surface area contributed by atoms with Gasteiger partial charge in [-0.2, -0.15) is 0 Å². The van der Waals surface area contributed by atoms with Crippen LogP contribution in [0.4, 0.5) is 0 Å². The van der Waals surface area contributed by atoms with Crippen molar-refractivity contribution in [1.29, 1.82) is 0 Å². The Morgan fingerprint density at radius 1 is 1.33 bits per heavy atom. The van der Waals surface area contributed by atoms with E-state index in [2.05, 4.69) is 4.72 Å². The van der Waals surface area contributed by atoms with E-state index in [1.165, 1.54) is 12.1 Å². The Morgan fingerprint density at radius 3 is 2.56 bits per heavy atom. The predicted molar refractivity (Wildman–Crippen MR) is 69.9 cm³/mol. The fourth-order valence-electron chi connectivity index (χ4n) is 1.24. The molecule has 0 fully saturated rings. The van der Waals surface area contributed by atoms with Gasteiger partial charge >= 0.3 is 0 Å². The van der Waals surface area contributed by atoms with Gasteiger partial charge in [0.15, 0.2) is 0 Å². The summed E-state index contributed by atoms with van der Waals surface area (Å²) in [5.74, 6) is 0.324. The highest BCUT2D eigenvalue weighted by Gasteiger charge is 2.20. The van der Waals surface area contributed by atoms with Gasteiger partial charge in [-0.05, 0) is 13.0 Å². The molecule has 0 heterocycles. The molecule has 18 heavy (non-hydrogen) atoms. The second kappa shape index (κ2) is 6.58. The Bertz CT molecular complexity index is 519. The number of aliphatic hydroxyl groups is 1. The molecule has 1 aromatic carbocycles. The third-order valence-electron chi connectivity index (χ3n) is 1.98. The molecule has 0 aliphatic heterocycles. The van der Waals surface area contributed by atoms with Crippen molar-refractivity contribution in [2.45, 2.75) is 11.8 Å². The van der Waals surface area contributed by atoms with E-state index in [4.69, 9.17) is 33.0 Å². The fourth-order valence-corrected chi connectivity index (χ4v) is 3.09. The van der Waals surface area contributed by atoms with E-state index in [-0.39, 0.29) is 28.1 Å². The SMILES string of the molecule is CCOc1cc(Cl)c(S(=O)(=O)NCCO)cc1Cl. The summed E-state index contributed by atoms with van der Waals surface area (Å²) in [5.41, 5.74) is 0. The topological polar surface area (TPSA) is 75.6 Å². The Hall–Kier alpha value is -0.530. The zero-order chi connectivity index (χ0) is 13.8. The van der Waals surface area contributed by atoms with Crippen molar-refractivity contribution in [2.75, 3.05) is 19.8 Å². The zero-order valence-corrected chi connectivity index (χ0v) is 11.9. The van der Waals surface area contributed by atoms with Crippen LogP contribution >= 0.6 is 23.2 Å². The van der Waals surface area contributed by atoms with E-state index >= 15 is 0 Å². The van der Waals surface area contributed by atoms with E-state index in [1.54, 1.807) is 6.92 Å². The number of hydrogen-bond acceptors (Lipinski definition) is 4. The minimum absolute atomic E-state index is 0.00768. The maximum atomic E-state index is 11.8. The Labute approximate surface area is 116 Å². The second-order valence-corrected chi connectivity index (χ2v) is 5.82. The number of ether oxygens (including phenoxy) is 1. The highest BCUT2D eigenvalue weighted by Crippen LogP contribution is 2.33. The molecule has 8 heteroatoms. The first kappa shape index (κ1) is 15.5. The van der Waals surface area contributed by atoms with Crippen LogP contribution in [0.5, 0.6) is 5.75 Å². The van der Waals surface area contributed by atoms with Crippen LogP contribution in [0.15, 0.2) is 17.0 Å². The van der Waals surface area contributed by atoms with Crippen LogP contribution in [-0.4, -0.2) is 33.3 Å². The lowest BCUT2D eigenvalue weighted by atomic mass is 10.3. The molecule has 2 N–H and O–H groups in total. The number of hydrogen-bond donors (Lipinski definition) is 2. The van der Waals surface area contributed by atoms with E-state index in [0.29, 0.717) is 12.4 Å². The van der Waals surface area contributed by atoms with Crippen LogP contribution < -0.4 is 9.46 Å². The average molecular weight is 314 g/mol. The summed E-state index contributed by atoms with van der Waals surface area (Å²) in [7, 11) is -3.79. The van der Waals surface area contributed by atoms with Crippen molar-refractivity contribution in [1.82, 2.24) is 4.72 Å². The molecule has 0 atom stereocenters. The first-order valence-electron chi connectivity index (χ1n) is 5.14. The van der Waals surface area contributed by atoms with Crippen LogP contribution in [-0.2, 0) is 10.0 Å². The molecule has 102 valence electrons. The summed E-state index contributed by atoms with van der Waals surface area (Å²) in [6.07, 6.45) is 0. The number of benzene rings is 1. The van der Waals surface area contributed by atoms with Gasteiger partial charge < -0.3 is 9.84 Å². The van der Waals surface area contributed by atoms with Crippen molar-refractivity contribution in [3.63, 3.8) is 0 Å². The molecule has 0 bridgehead atoms. The summed E-state index contributed by atoms with van der Waals surface area (Å²) in [5, 5.41) is 8.77. The molecule has 0 aromatic heterocycles. The molecule has 0 radical (unpaired) electrons. The van der Waals surface area contributed by atoms with Gasteiger partial charge in [0.25, 0.3) is 0 Å². The van der Waals surface area contributed by atoms with Gasteiger partial charge in [-0.1, -0.05) is 23.2 Å². The van der Waals surface area contributed by atoms with E-state index in [9.17, 15) is 8.42 Å². The van der Waals surface area contributed by atoms with Gasteiger partial charge in [0.05, 0.1) is 23.3 Å². The lowest BCUT2D eigenvalue weighted by Gasteiger charge is -2.11. The number of halogens is 2. The quantitative estimate of drug-likeness (QED) is 0.837. The Morgan fingerprint density at radius 2 is 2.00 bits per heavy atom. The molecule has 0 aliphatic rings. The summed E-state index contributed by atoms with van der Waals surface area (Å²) >= 11 is 11.8. The van der Waals surface area contributed by atoms with Crippen molar-refractivity contribution in [3.05, 3.63) is 22.2 Å². The first-order chi connectivity index (χ1) is 8.42. The lowest BCUT2D eigenvalue weighted by Crippen LogP contribution is -2.26. The van der Waals surface area contributed by atoms with Crippen molar-refractivity contribution < 1.29 is 18.3 Å². The molecule has 0 aliphatic carbocycles. The third kappa shape index (κ3) is 3.73. The molecule has 1 rings (SSSR count). The fraction of sp³-hybridized carbons (Fsp3) is 0.400. The van der Waals surface area contributed by atoms with E-state index in [1.807, 2.05) is 0 Å². The summed E-state index contributed by atoms with van der Waals surface area (Å²) in [6, 6.07) is 2.56. The maximum absolute atomic E-state index is 11.8. The van der Waals surface area contributed by atoms with Crippen molar-refractivity contribution >= 4 is 33.2 Å². The average Bonchev–Trinajstić information content (AvgIpc) is 2.31. The minimum atomic E-state index is -3.79. The molecule has 5 nitrogen and oxygen atoms in total. The summed E-state index contributed by atoms with van der Waals surface area (Å²) in [4.78, 5) is -0.147. The van der Waals surface area contributed by atoms with E-state index in [0.717, 1.165) is 0 Å². The highest BCUT2D eigenvalue weighted by atomic mass is 35.5. The van der Waals surface area contributed by atoms with Gasteiger partial charge in [0.2, 0.25) is 10.0 Å². The normalized spacial score (nSPS) is 11.6. The van der Waals surface area contributed by atoms with Crippen LogP contribution in [0.2, 0.25) is 10.0 Å². The van der Waals surface area contributed by atoms with Crippen molar-refractivity contribution in [2.24, 2.45) is 0 Å². The van der Waals surface area contributed by atoms with Gasteiger partial charge in [-0.3, -0.25) is 0 Å². The molecule has 0 spiro atoms. The molecule has 0 amide bonds. The molecule has 0 saturated carbocycles. The van der Waals surface area contributed by atoms with Gasteiger partial charge in [0.1, 0.15) is 10.6 Å². The minimum Gasteiger partial charge on any atom is -0.492 e. The zero-order valence-electron chi connectivity index (χ0n) is 9.61. The smallest absolute Gasteiger partial charge is 0.242 e. The maximum Gasteiger partial charge on any atom is 0.242 e. The van der Waals surface area contributed by atoms with Crippen LogP contribution in [0.1, 0.15) is 6.92 Å². The Kier molecular flexibility index (Phi) is 5.68. The molecule has 0 unspecified atom stereocenters. The molecule has 0 saturated heterocycles. The van der Waals surface area contributed by atoms with Crippen LogP contribution in [0, 0.1) is 0 Å². The Balaban J connectivity index is 3.15. The van der Waals surface area contributed by atoms with E-state index < -0.39 is 10.0 Å². The third-order valence-corrected chi connectivity index (χ3v) is 4.20. The standard InChI is InChI=1S/C10H13Cl2NO4S/c1-2-17-9-5-8(12)10(6-7(9)11)18(15,16)13-3-4-14/h5-6,13-14H,2-4H2,1H3. The lowest BCUT2D eigenvalue weighted by molar-refractivity contribution is 0.301. The monoisotopic (exact) mass is 313 g/mol. The summed E-state index contributed by atoms with van der Waals surface area (Å²) in [6.45, 7) is 1.77. The predicted octanol–water partition coefficient (Wildman–Crippen LogP) is 1.66. The molecule has 1 aromatic rings. The number of rotatable bonds is 6. The molecular weight excluding hydrogens is 301 g/mol. The van der Waals surface area contributed by atoms with Crippen LogP contribution in [0.25, 0.3) is 0 Å². The number of sulfonamides is 1. The largest absolute Gasteiger partial charge is 0.492 e. The van der Waals surface area contributed by atoms with Gasteiger partial charge in [-0.25, -0.2) is 13.1 Å². The number of nitrogens with one attached hydrogen (secondary N) is 1. The second-order valence-electron chi connectivity index (χ2n) is 3.27. The summed E-state index contributed by atoms with van der Waals surface area (Å²) < 4.78 is 31.0. The van der Waals surface area contributed by atoms with Gasteiger partial charge in [-0.15, -0.1) is 0 Å². The highest BCUT2D eigenvalue weighted by molar-refractivity contribution is 7.89. The van der Waals surface area contributed by atoms with Crippen LogP contribution in [0.3, 0.4) is 0 Å². The van der Waals surface area contributed by atoms with Gasteiger partial charge in [0, 0.05) is 12.6 Å². The number of aliphatic hydroxyl groups excluding tert-OH is 1. The molecular formula is C10H13Cl2NO4S.